The van der Waals surface area contributed by atoms with E-state index in [0.717, 1.165) is 21.6 Å². The first kappa shape index (κ1) is 17.5. The van der Waals surface area contributed by atoms with Crippen LogP contribution in [0.4, 0.5) is 0 Å². The Hall–Kier alpha value is -2.63. The SMILES string of the molecule is CN1C=CC=C2C(Sc3ccc(Cl)cc3)=C(c3ccc4nn(C)cc4c3)NC21. The van der Waals surface area contributed by atoms with Crippen LogP contribution in [0.5, 0.6) is 0 Å². The third-order valence-corrected chi connectivity index (χ3v) is 6.41. The van der Waals surface area contributed by atoms with Gasteiger partial charge in [0.1, 0.15) is 6.17 Å². The van der Waals surface area contributed by atoms with Crippen LogP contribution in [0.1, 0.15) is 5.56 Å². The number of rotatable bonds is 3. The Balaban J connectivity index is 1.62. The van der Waals surface area contributed by atoms with Gasteiger partial charge in [0.25, 0.3) is 0 Å². The fourth-order valence-corrected chi connectivity index (χ4v) is 4.86. The molecule has 2 aliphatic rings. The molecule has 2 aliphatic heterocycles. The van der Waals surface area contributed by atoms with Gasteiger partial charge in [0, 0.05) is 52.3 Å². The van der Waals surface area contributed by atoms with E-state index in [4.69, 9.17) is 11.6 Å². The van der Waals surface area contributed by atoms with E-state index in [9.17, 15) is 0 Å². The Labute approximate surface area is 173 Å². The van der Waals surface area contributed by atoms with Crippen molar-refractivity contribution in [2.45, 2.75) is 11.1 Å². The third-order valence-electron chi connectivity index (χ3n) is 5.01. The molecule has 0 aliphatic carbocycles. The Morgan fingerprint density at radius 1 is 1.11 bits per heavy atom. The summed E-state index contributed by atoms with van der Waals surface area (Å²) in [5.74, 6) is 0. The predicted octanol–water partition coefficient (Wildman–Crippen LogP) is 5.00. The molecule has 6 heteroatoms. The number of halogens is 1. The molecule has 0 saturated heterocycles. The highest BCUT2D eigenvalue weighted by Crippen LogP contribution is 2.44. The Morgan fingerprint density at radius 3 is 2.75 bits per heavy atom. The second-order valence-electron chi connectivity index (χ2n) is 7.01. The number of nitrogens with one attached hydrogen (secondary N) is 1. The summed E-state index contributed by atoms with van der Waals surface area (Å²) in [4.78, 5) is 4.61. The van der Waals surface area contributed by atoms with Crippen LogP contribution < -0.4 is 5.32 Å². The molecule has 3 aromatic rings. The summed E-state index contributed by atoms with van der Waals surface area (Å²) in [6, 6.07) is 14.4. The van der Waals surface area contributed by atoms with Crippen molar-refractivity contribution < 1.29 is 0 Å². The molecule has 2 aromatic carbocycles. The topological polar surface area (TPSA) is 33.1 Å². The molecule has 0 spiro atoms. The van der Waals surface area contributed by atoms with Gasteiger partial charge < -0.3 is 10.2 Å². The summed E-state index contributed by atoms with van der Waals surface area (Å²) in [5.41, 5.74) is 4.61. The van der Waals surface area contributed by atoms with Crippen molar-refractivity contribution in [2.75, 3.05) is 7.05 Å². The first-order valence-electron chi connectivity index (χ1n) is 9.07. The quantitative estimate of drug-likeness (QED) is 0.663. The summed E-state index contributed by atoms with van der Waals surface area (Å²) < 4.78 is 1.86. The molecule has 1 aromatic heterocycles. The van der Waals surface area contributed by atoms with Crippen LogP contribution in [0.3, 0.4) is 0 Å². The number of hydrogen-bond acceptors (Lipinski definition) is 4. The molecule has 0 saturated carbocycles. The molecule has 0 fully saturated rings. The number of allylic oxidation sites excluding steroid dienone is 2. The smallest absolute Gasteiger partial charge is 0.126 e. The molecular formula is C22H19ClN4S. The molecular weight excluding hydrogens is 388 g/mol. The van der Waals surface area contributed by atoms with Crippen molar-refractivity contribution in [2.24, 2.45) is 7.05 Å². The van der Waals surface area contributed by atoms with Gasteiger partial charge in [-0.3, -0.25) is 4.68 Å². The van der Waals surface area contributed by atoms with E-state index < -0.39 is 0 Å². The average Bonchev–Trinajstić information content (AvgIpc) is 3.23. The Kier molecular flexibility index (Phi) is 4.22. The lowest BCUT2D eigenvalue weighted by Gasteiger charge is -2.28. The van der Waals surface area contributed by atoms with Crippen LogP contribution in [0.2, 0.25) is 5.02 Å². The lowest BCUT2D eigenvalue weighted by atomic mass is 10.1. The van der Waals surface area contributed by atoms with Crippen molar-refractivity contribution in [1.29, 1.82) is 0 Å². The molecule has 0 radical (unpaired) electrons. The summed E-state index contributed by atoms with van der Waals surface area (Å²) in [6.45, 7) is 0. The zero-order valence-corrected chi connectivity index (χ0v) is 17.1. The second-order valence-corrected chi connectivity index (χ2v) is 8.53. The summed E-state index contributed by atoms with van der Waals surface area (Å²) in [5, 5.41) is 10.1. The number of fused-ring (bicyclic) bond motifs is 2. The van der Waals surface area contributed by atoms with Crippen molar-refractivity contribution in [1.82, 2.24) is 20.0 Å². The van der Waals surface area contributed by atoms with Crippen molar-refractivity contribution in [3.8, 4) is 0 Å². The van der Waals surface area contributed by atoms with E-state index in [1.807, 2.05) is 23.9 Å². The molecule has 28 heavy (non-hydrogen) atoms. The maximum Gasteiger partial charge on any atom is 0.126 e. The van der Waals surface area contributed by atoms with Gasteiger partial charge in [-0.1, -0.05) is 35.5 Å². The Bertz CT molecular complexity index is 1160. The standard InChI is InChI=1S/C22H19ClN4S/c1-26-11-3-4-18-21(28-17-8-6-16(23)7-9-17)20(24-22(18)26)14-5-10-19-15(12-14)13-27(2)25-19/h3-13,22,24H,1-2H3. The minimum Gasteiger partial charge on any atom is -0.360 e. The van der Waals surface area contributed by atoms with Crippen LogP contribution in [-0.2, 0) is 7.05 Å². The molecule has 0 amide bonds. The zero-order valence-electron chi connectivity index (χ0n) is 15.6. The highest BCUT2D eigenvalue weighted by molar-refractivity contribution is 8.03. The summed E-state index contributed by atoms with van der Waals surface area (Å²) >= 11 is 7.84. The molecule has 1 unspecified atom stereocenters. The van der Waals surface area contributed by atoms with Crippen molar-refractivity contribution >= 4 is 40.0 Å². The maximum atomic E-state index is 6.07. The summed E-state index contributed by atoms with van der Waals surface area (Å²) in [6.07, 6.45) is 8.59. The van der Waals surface area contributed by atoms with Crippen molar-refractivity contribution in [3.63, 3.8) is 0 Å². The van der Waals surface area contributed by atoms with Gasteiger partial charge >= 0.3 is 0 Å². The maximum absolute atomic E-state index is 6.07. The van der Waals surface area contributed by atoms with Gasteiger partial charge in [0.05, 0.1) is 11.2 Å². The van der Waals surface area contributed by atoms with Gasteiger partial charge in [-0.25, -0.2) is 0 Å². The van der Waals surface area contributed by atoms with Crippen LogP contribution in [0, 0.1) is 0 Å². The first-order valence-corrected chi connectivity index (χ1v) is 10.3. The van der Waals surface area contributed by atoms with Gasteiger partial charge in [-0.05, 0) is 48.0 Å². The lowest BCUT2D eigenvalue weighted by Crippen LogP contribution is -2.38. The number of aromatic nitrogens is 2. The number of hydrogen-bond donors (Lipinski definition) is 1. The molecule has 4 nitrogen and oxygen atoms in total. The number of likely N-dealkylation sites (N-methyl/N-ethyl adjacent to an activating group) is 1. The van der Waals surface area contributed by atoms with E-state index in [0.29, 0.717) is 0 Å². The van der Waals surface area contributed by atoms with Gasteiger partial charge in [-0.15, -0.1) is 0 Å². The van der Waals surface area contributed by atoms with Gasteiger partial charge in [0.2, 0.25) is 0 Å². The normalized spacial score (nSPS) is 18.5. The first-order chi connectivity index (χ1) is 13.6. The van der Waals surface area contributed by atoms with E-state index in [1.54, 1.807) is 11.8 Å². The van der Waals surface area contributed by atoms with Crippen LogP contribution in [-0.4, -0.2) is 27.9 Å². The highest BCUT2D eigenvalue weighted by Gasteiger charge is 2.33. The zero-order chi connectivity index (χ0) is 19.3. The van der Waals surface area contributed by atoms with Crippen LogP contribution in [0.25, 0.3) is 16.6 Å². The third kappa shape index (κ3) is 3.01. The van der Waals surface area contributed by atoms with Crippen LogP contribution >= 0.6 is 23.4 Å². The minimum atomic E-state index is 0.138. The average molecular weight is 407 g/mol. The monoisotopic (exact) mass is 406 g/mol. The minimum absolute atomic E-state index is 0.138. The largest absolute Gasteiger partial charge is 0.360 e. The van der Waals surface area contributed by atoms with E-state index in [2.05, 4.69) is 77.2 Å². The lowest BCUT2D eigenvalue weighted by molar-refractivity contribution is 0.353. The molecule has 1 atom stereocenters. The fraction of sp³-hybridized carbons (Fsp3) is 0.136. The molecule has 1 N–H and O–H groups in total. The highest BCUT2D eigenvalue weighted by atomic mass is 35.5. The molecule has 0 bridgehead atoms. The van der Waals surface area contributed by atoms with E-state index >= 15 is 0 Å². The number of thioether (sulfide) groups is 1. The Morgan fingerprint density at radius 2 is 1.93 bits per heavy atom. The fourth-order valence-electron chi connectivity index (χ4n) is 3.65. The van der Waals surface area contributed by atoms with Gasteiger partial charge in [-0.2, -0.15) is 5.10 Å². The molecule has 3 heterocycles. The molecule has 5 rings (SSSR count). The van der Waals surface area contributed by atoms with E-state index in [1.165, 1.54) is 20.9 Å². The second kappa shape index (κ2) is 6.76. The van der Waals surface area contributed by atoms with E-state index in [-0.39, 0.29) is 6.17 Å². The number of benzene rings is 2. The van der Waals surface area contributed by atoms with Crippen molar-refractivity contribution in [3.05, 3.63) is 88.1 Å². The molecule has 140 valence electrons. The summed E-state index contributed by atoms with van der Waals surface area (Å²) in [7, 11) is 4.05. The van der Waals surface area contributed by atoms with Crippen LogP contribution in [0.15, 0.2) is 82.4 Å². The number of nitrogens with zero attached hydrogens (tertiary/aromatic N) is 3. The number of aryl methyl sites for hydroxylation is 1. The van der Waals surface area contributed by atoms with Gasteiger partial charge in [0.15, 0.2) is 0 Å². The predicted molar refractivity (Wildman–Crippen MR) is 117 cm³/mol.